The van der Waals surface area contributed by atoms with Crippen molar-refractivity contribution in [2.45, 2.75) is 46.6 Å². The Morgan fingerprint density at radius 2 is 1.92 bits per heavy atom. The first-order chi connectivity index (χ1) is 6.20. The SMILES string of the molecule is CCCOCC(CC(C)C)NCC. The number of ether oxygens (including phenoxy) is 1. The number of nitrogens with one attached hydrogen (secondary N) is 1. The maximum absolute atomic E-state index is 5.54. The standard InChI is InChI=1S/C11H25NO/c1-5-7-13-9-11(12-6-2)8-10(3)4/h10-12H,5-9H2,1-4H3. The fourth-order valence-electron chi connectivity index (χ4n) is 1.44. The van der Waals surface area contributed by atoms with Crippen LogP contribution >= 0.6 is 0 Å². The van der Waals surface area contributed by atoms with E-state index in [2.05, 4.69) is 33.0 Å². The van der Waals surface area contributed by atoms with Crippen LogP contribution in [0.5, 0.6) is 0 Å². The van der Waals surface area contributed by atoms with Crippen LogP contribution < -0.4 is 5.32 Å². The van der Waals surface area contributed by atoms with Crippen LogP contribution in [0.15, 0.2) is 0 Å². The number of hydrogen-bond donors (Lipinski definition) is 1. The van der Waals surface area contributed by atoms with Crippen LogP contribution in [0.3, 0.4) is 0 Å². The van der Waals surface area contributed by atoms with Gasteiger partial charge in [-0.05, 0) is 25.3 Å². The van der Waals surface area contributed by atoms with Crippen molar-refractivity contribution >= 4 is 0 Å². The van der Waals surface area contributed by atoms with Crippen molar-refractivity contribution in [2.75, 3.05) is 19.8 Å². The van der Waals surface area contributed by atoms with Crippen LogP contribution in [-0.2, 0) is 4.74 Å². The molecule has 0 fully saturated rings. The number of likely N-dealkylation sites (N-methyl/N-ethyl adjacent to an activating group) is 1. The molecule has 0 aromatic carbocycles. The van der Waals surface area contributed by atoms with Gasteiger partial charge in [-0.15, -0.1) is 0 Å². The second-order valence-electron chi connectivity index (χ2n) is 3.96. The molecule has 1 atom stereocenters. The molecule has 0 rings (SSSR count). The van der Waals surface area contributed by atoms with E-state index in [1.54, 1.807) is 0 Å². The first-order valence-electron chi connectivity index (χ1n) is 5.51. The molecule has 1 unspecified atom stereocenters. The second-order valence-corrected chi connectivity index (χ2v) is 3.96. The lowest BCUT2D eigenvalue weighted by Crippen LogP contribution is -2.34. The summed E-state index contributed by atoms with van der Waals surface area (Å²) in [6, 6.07) is 0.538. The van der Waals surface area contributed by atoms with Gasteiger partial charge in [0.15, 0.2) is 0 Å². The van der Waals surface area contributed by atoms with E-state index in [0.717, 1.165) is 32.1 Å². The van der Waals surface area contributed by atoms with E-state index in [-0.39, 0.29) is 0 Å². The van der Waals surface area contributed by atoms with E-state index >= 15 is 0 Å². The Balaban J connectivity index is 3.53. The molecule has 13 heavy (non-hydrogen) atoms. The lowest BCUT2D eigenvalue weighted by atomic mass is 10.0. The zero-order valence-corrected chi connectivity index (χ0v) is 9.60. The Labute approximate surface area is 83.1 Å². The summed E-state index contributed by atoms with van der Waals surface area (Å²) in [5.74, 6) is 0.745. The highest BCUT2D eigenvalue weighted by molar-refractivity contribution is 4.66. The molecule has 0 amide bonds. The van der Waals surface area contributed by atoms with Crippen molar-refractivity contribution in [3.63, 3.8) is 0 Å². The minimum atomic E-state index is 0.538. The third-order valence-corrected chi connectivity index (χ3v) is 1.92. The molecule has 2 nitrogen and oxygen atoms in total. The zero-order chi connectivity index (χ0) is 10.1. The molecule has 0 bridgehead atoms. The smallest absolute Gasteiger partial charge is 0.0619 e. The van der Waals surface area contributed by atoms with Gasteiger partial charge < -0.3 is 10.1 Å². The Hall–Kier alpha value is -0.0800. The van der Waals surface area contributed by atoms with Crippen LogP contribution in [0.1, 0.15) is 40.5 Å². The molecule has 0 spiro atoms. The minimum absolute atomic E-state index is 0.538. The van der Waals surface area contributed by atoms with Crippen LogP contribution in [-0.4, -0.2) is 25.8 Å². The van der Waals surface area contributed by atoms with E-state index in [9.17, 15) is 0 Å². The lowest BCUT2D eigenvalue weighted by Gasteiger charge is -2.19. The summed E-state index contributed by atoms with van der Waals surface area (Å²) in [4.78, 5) is 0. The van der Waals surface area contributed by atoms with Crippen LogP contribution in [0, 0.1) is 5.92 Å². The second kappa shape index (κ2) is 8.52. The summed E-state index contributed by atoms with van der Waals surface area (Å²) in [7, 11) is 0. The molecule has 0 aliphatic heterocycles. The van der Waals surface area contributed by atoms with E-state index in [0.29, 0.717) is 6.04 Å². The first-order valence-corrected chi connectivity index (χ1v) is 5.51. The predicted octanol–water partition coefficient (Wildman–Crippen LogP) is 2.44. The van der Waals surface area contributed by atoms with Gasteiger partial charge in [0.25, 0.3) is 0 Å². The van der Waals surface area contributed by atoms with Crippen molar-refractivity contribution in [2.24, 2.45) is 5.92 Å². The Bertz CT molecular complexity index is 104. The fourth-order valence-corrected chi connectivity index (χ4v) is 1.44. The minimum Gasteiger partial charge on any atom is -0.380 e. The van der Waals surface area contributed by atoms with Gasteiger partial charge >= 0.3 is 0 Å². The summed E-state index contributed by atoms with van der Waals surface area (Å²) >= 11 is 0. The molecule has 0 heterocycles. The van der Waals surface area contributed by atoms with Gasteiger partial charge in [0.05, 0.1) is 6.61 Å². The van der Waals surface area contributed by atoms with Crippen molar-refractivity contribution in [1.29, 1.82) is 0 Å². The van der Waals surface area contributed by atoms with Gasteiger partial charge in [-0.3, -0.25) is 0 Å². The third kappa shape index (κ3) is 8.26. The molecule has 80 valence electrons. The Morgan fingerprint density at radius 3 is 2.38 bits per heavy atom. The zero-order valence-electron chi connectivity index (χ0n) is 9.60. The molecule has 0 saturated carbocycles. The highest BCUT2D eigenvalue weighted by atomic mass is 16.5. The maximum atomic E-state index is 5.54. The Kier molecular flexibility index (Phi) is 8.46. The third-order valence-electron chi connectivity index (χ3n) is 1.92. The van der Waals surface area contributed by atoms with Crippen molar-refractivity contribution < 1.29 is 4.74 Å². The maximum Gasteiger partial charge on any atom is 0.0619 e. The molecular formula is C11H25NO. The van der Waals surface area contributed by atoms with Crippen molar-refractivity contribution in [3.05, 3.63) is 0 Å². The quantitative estimate of drug-likeness (QED) is 0.589. The molecule has 0 saturated heterocycles. The van der Waals surface area contributed by atoms with Gasteiger partial charge in [-0.1, -0.05) is 27.7 Å². The van der Waals surface area contributed by atoms with Gasteiger partial charge in [0, 0.05) is 12.6 Å². The topological polar surface area (TPSA) is 21.3 Å². The average molecular weight is 187 g/mol. The normalized spacial score (nSPS) is 13.6. The molecule has 1 N–H and O–H groups in total. The van der Waals surface area contributed by atoms with E-state index in [4.69, 9.17) is 4.74 Å². The number of rotatable bonds is 8. The van der Waals surface area contributed by atoms with Crippen molar-refractivity contribution in [1.82, 2.24) is 5.32 Å². The highest BCUT2D eigenvalue weighted by Gasteiger charge is 2.08. The van der Waals surface area contributed by atoms with E-state index in [1.165, 1.54) is 6.42 Å². The van der Waals surface area contributed by atoms with E-state index in [1.807, 2.05) is 0 Å². The Morgan fingerprint density at radius 1 is 1.23 bits per heavy atom. The summed E-state index contributed by atoms with van der Waals surface area (Å²) in [6.45, 7) is 11.6. The molecule has 0 aliphatic rings. The highest BCUT2D eigenvalue weighted by Crippen LogP contribution is 2.05. The molecule has 0 aromatic rings. The molecule has 0 radical (unpaired) electrons. The molecule has 2 heteroatoms. The van der Waals surface area contributed by atoms with Gasteiger partial charge in [-0.25, -0.2) is 0 Å². The van der Waals surface area contributed by atoms with Crippen molar-refractivity contribution in [3.8, 4) is 0 Å². The molecular weight excluding hydrogens is 162 g/mol. The van der Waals surface area contributed by atoms with Gasteiger partial charge in [0.2, 0.25) is 0 Å². The lowest BCUT2D eigenvalue weighted by molar-refractivity contribution is 0.106. The summed E-state index contributed by atoms with van der Waals surface area (Å²) in [6.07, 6.45) is 2.32. The largest absolute Gasteiger partial charge is 0.380 e. The number of hydrogen-bond acceptors (Lipinski definition) is 2. The monoisotopic (exact) mass is 187 g/mol. The van der Waals surface area contributed by atoms with Gasteiger partial charge in [-0.2, -0.15) is 0 Å². The van der Waals surface area contributed by atoms with E-state index < -0.39 is 0 Å². The molecule has 0 aliphatic carbocycles. The summed E-state index contributed by atoms with van der Waals surface area (Å²) in [5.41, 5.74) is 0. The van der Waals surface area contributed by atoms with Crippen LogP contribution in [0.4, 0.5) is 0 Å². The fraction of sp³-hybridized carbons (Fsp3) is 1.00. The summed E-state index contributed by atoms with van der Waals surface area (Å²) < 4.78 is 5.54. The molecule has 0 aromatic heterocycles. The first kappa shape index (κ1) is 12.9. The summed E-state index contributed by atoms with van der Waals surface area (Å²) in [5, 5.41) is 3.45. The van der Waals surface area contributed by atoms with Crippen LogP contribution in [0.25, 0.3) is 0 Å². The van der Waals surface area contributed by atoms with Crippen LogP contribution in [0.2, 0.25) is 0 Å². The van der Waals surface area contributed by atoms with Gasteiger partial charge in [0.1, 0.15) is 0 Å². The average Bonchev–Trinajstić information content (AvgIpc) is 2.04. The predicted molar refractivity (Wildman–Crippen MR) is 58.0 cm³/mol.